The first kappa shape index (κ1) is 21.3. The van der Waals surface area contributed by atoms with Gasteiger partial charge in [0.15, 0.2) is 18.3 Å². The van der Waals surface area contributed by atoms with Crippen LogP contribution in [0.25, 0.3) is 0 Å². The predicted octanol–water partition coefficient (Wildman–Crippen LogP) is -0.771. The summed E-state index contributed by atoms with van der Waals surface area (Å²) in [5.74, 6) is -3.39. The van der Waals surface area contributed by atoms with E-state index in [1.165, 1.54) is 0 Å². The maximum Gasteiger partial charge on any atom is 0.304 e. The Bertz CT molecular complexity index is 525. The Labute approximate surface area is 138 Å². The minimum Gasteiger partial charge on any atom is -0.456 e. The largest absolute Gasteiger partial charge is 0.456 e. The lowest BCUT2D eigenvalue weighted by Gasteiger charge is -2.32. The summed E-state index contributed by atoms with van der Waals surface area (Å²) in [6.45, 7) is 3.30. The van der Waals surface area contributed by atoms with Crippen LogP contribution in [0.1, 0.15) is 27.7 Å². The number of hydrogen-bond acceptors (Lipinski definition) is 10. The summed E-state index contributed by atoms with van der Waals surface area (Å²) in [5.41, 5.74) is 0. The number of aliphatic hydroxyl groups is 1. The molecule has 1 N–H and O–H groups in total. The van der Waals surface area contributed by atoms with Crippen molar-refractivity contribution in [2.24, 2.45) is 0 Å². The average molecular weight is 345 g/mol. The molecule has 0 rings (SSSR count). The molecule has 0 saturated carbocycles. The second-order valence-electron chi connectivity index (χ2n) is 4.64. The Hall–Kier alpha value is -2.67. The second kappa shape index (κ2) is 10.2. The Morgan fingerprint density at radius 2 is 1.25 bits per heavy atom. The van der Waals surface area contributed by atoms with Crippen molar-refractivity contribution in [1.29, 1.82) is 5.26 Å². The Kier molecular flexibility index (Phi) is 9.04. The highest BCUT2D eigenvalue weighted by Gasteiger charge is 2.43. The van der Waals surface area contributed by atoms with Gasteiger partial charge in [-0.15, -0.1) is 0 Å². The van der Waals surface area contributed by atoms with Gasteiger partial charge in [-0.3, -0.25) is 19.2 Å². The van der Waals surface area contributed by atoms with Gasteiger partial charge in [0.25, 0.3) is 0 Å². The molecule has 0 aliphatic heterocycles. The molecule has 4 atom stereocenters. The molecule has 0 aromatic rings. The number of nitriles is 1. The standard InChI is InChI=1S/C14H19NO9/c1-7(17)21-11(5-15)13(23-9(3)19)14(24-10(4)20)12(6-16)22-8(2)18/h11-14,16H,6H2,1-4H3/t11-,12+,13+,14-/m0/s1. The van der Waals surface area contributed by atoms with E-state index in [0.29, 0.717) is 0 Å². The number of aliphatic hydroxyl groups excluding tert-OH is 1. The zero-order valence-electron chi connectivity index (χ0n) is 13.7. The highest BCUT2D eigenvalue weighted by molar-refractivity contribution is 5.69. The quantitative estimate of drug-likeness (QED) is 0.439. The van der Waals surface area contributed by atoms with Crippen molar-refractivity contribution in [2.45, 2.75) is 52.1 Å². The lowest BCUT2D eigenvalue weighted by Crippen LogP contribution is -2.52. The zero-order valence-corrected chi connectivity index (χ0v) is 13.7. The van der Waals surface area contributed by atoms with E-state index in [1.54, 1.807) is 6.07 Å². The van der Waals surface area contributed by atoms with Crippen molar-refractivity contribution in [3.8, 4) is 6.07 Å². The van der Waals surface area contributed by atoms with Gasteiger partial charge in [0, 0.05) is 27.7 Å². The highest BCUT2D eigenvalue weighted by atomic mass is 16.6. The van der Waals surface area contributed by atoms with E-state index in [2.05, 4.69) is 0 Å². The van der Waals surface area contributed by atoms with Gasteiger partial charge in [0.1, 0.15) is 6.07 Å². The second-order valence-corrected chi connectivity index (χ2v) is 4.64. The lowest BCUT2D eigenvalue weighted by molar-refractivity contribution is -0.196. The molecule has 0 aromatic heterocycles. The van der Waals surface area contributed by atoms with Crippen LogP contribution < -0.4 is 0 Å². The minimum atomic E-state index is -1.65. The summed E-state index contributed by atoms with van der Waals surface area (Å²) >= 11 is 0. The van der Waals surface area contributed by atoms with E-state index >= 15 is 0 Å². The first-order chi connectivity index (χ1) is 11.1. The van der Waals surface area contributed by atoms with Gasteiger partial charge < -0.3 is 24.1 Å². The maximum absolute atomic E-state index is 11.3. The minimum absolute atomic E-state index is 0.798. The van der Waals surface area contributed by atoms with Crippen molar-refractivity contribution in [3.05, 3.63) is 0 Å². The summed E-state index contributed by atoms with van der Waals surface area (Å²) in [4.78, 5) is 44.9. The van der Waals surface area contributed by atoms with Gasteiger partial charge in [0.2, 0.25) is 6.10 Å². The Morgan fingerprint density at radius 1 is 0.833 bits per heavy atom. The van der Waals surface area contributed by atoms with Crippen LogP contribution >= 0.6 is 0 Å². The first-order valence-corrected chi connectivity index (χ1v) is 6.81. The van der Waals surface area contributed by atoms with Crippen LogP contribution in [0.4, 0.5) is 0 Å². The average Bonchev–Trinajstić information content (AvgIpc) is 2.45. The molecule has 10 nitrogen and oxygen atoms in total. The van der Waals surface area contributed by atoms with Crippen molar-refractivity contribution in [2.75, 3.05) is 6.61 Å². The summed E-state index contributed by atoms with van der Waals surface area (Å²) in [7, 11) is 0. The first-order valence-electron chi connectivity index (χ1n) is 6.81. The lowest BCUT2D eigenvalue weighted by atomic mass is 10.0. The van der Waals surface area contributed by atoms with Gasteiger partial charge in [-0.25, -0.2) is 0 Å². The van der Waals surface area contributed by atoms with Crippen LogP contribution in [0.3, 0.4) is 0 Å². The highest BCUT2D eigenvalue weighted by Crippen LogP contribution is 2.19. The Morgan fingerprint density at radius 3 is 1.58 bits per heavy atom. The number of nitrogens with zero attached hydrogens (tertiary/aromatic N) is 1. The van der Waals surface area contributed by atoms with E-state index in [0.717, 1.165) is 27.7 Å². The molecule has 0 aromatic carbocycles. The van der Waals surface area contributed by atoms with Crippen LogP contribution in [0.5, 0.6) is 0 Å². The number of rotatable bonds is 8. The summed E-state index contributed by atoms with van der Waals surface area (Å²) in [6.07, 6.45) is -6.27. The third kappa shape index (κ3) is 7.55. The molecule has 10 heteroatoms. The predicted molar refractivity (Wildman–Crippen MR) is 74.9 cm³/mol. The molecule has 0 aliphatic rings. The number of ether oxygens (including phenoxy) is 4. The maximum atomic E-state index is 11.3. The molecule has 0 fully saturated rings. The van der Waals surface area contributed by atoms with E-state index in [-0.39, 0.29) is 0 Å². The monoisotopic (exact) mass is 345 g/mol. The van der Waals surface area contributed by atoms with Crippen molar-refractivity contribution in [3.63, 3.8) is 0 Å². The fraction of sp³-hybridized carbons (Fsp3) is 0.643. The van der Waals surface area contributed by atoms with Gasteiger partial charge >= 0.3 is 23.9 Å². The van der Waals surface area contributed by atoms with E-state index in [1.807, 2.05) is 0 Å². The third-order valence-corrected chi connectivity index (χ3v) is 2.51. The van der Waals surface area contributed by atoms with Crippen LogP contribution in [-0.4, -0.2) is 60.0 Å². The molecule has 0 aliphatic carbocycles. The molecule has 0 unspecified atom stereocenters. The van der Waals surface area contributed by atoms with Gasteiger partial charge in [-0.1, -0.05) is 0 Å². The van der Waals surface area contributed by atoms with Crippen molar-refractivity contribution >= 4 is 23.9 Å². The smallest absolute Gasteiger partial charge is 0.304 e. The van der Waals surface area contributed by atoms with E-state index in [4.69, 9.17) is 24.2 Å². The fourth-order valence-corrected chi connectivity index (χ4v) is 1.81. The number of carbonyl (C=O) groups excluding carboxylic acids is 4. The molecule has 0 saturated heterocycles. The topological polar surface area (TPSA) is 149 Å². The fourth-order valence-electron chi connectivity index (χ4n) is 1.81. The number of carbonyl (C=O) groups is 4. The molecule has 0 amide bonds. The molecule has 0 spiro atoms. The van der Waals surface area contributed by atoms with Gasteiger partial charge in [-0.05, 0) is 0 Å². The van der Waals surface area contributed by atoms with Crippen LogP contribution in [-0.2, 0) is 38.1 Å². The van der Waals surface area contributed by atoms with Crippen LogP contribution in [0, 0.1) is 11.3 Å². The molecule has 134 valence electrons. The molecule has 0 heterocycles. The summed E-state index contributed by atoms with van der Waals surface area (Å²) in [5, 5.41) is 18.5. The molecular formula is C14H19NO9. The molecule has 0 bridgehead atoms. The molecular weight excluding hydrogens is 326 g/mol. The van der Waals surface area contributed by atoms with E-state index < -0.39 is 54.9 Å². The SMILES string of the molecule is CC(=O)O[C@H]([C@H](OC(C)=O)[C@H](C#N)OC(C)=O)[C@@H](CO)OC(C)=O. The summed E-state index contributed by atoms with van der Waals surface area (Å²) < 4.78 is 19.4. The summed E-state index contributed by atoms with van der Waals surface area (Å²) in [6, 6.07) is 1.59. The van der Waals surface area contributed by atoms with Crippen LogP contribution in [0.2, 0.25) is 0 Å². The third-order valence-electron chi connectivity index (χ3n) is 2.51. The Balaban J connectivity index is 5.80. The number of hydrogen-bond donors (Lipinski definition) is 1. The zero-order chi connectivity index (χ0) is 18.9. The van der Waals surface area contributed by atoms with Crippen LogP contribution in [0.15, 0.2) is 0 Å². The normalized spacial score (nSPS) is 15.0. The van der Waals surface area contributed by atoms with E-state index in [9.17, 15) is 24.3 Å². The van der Waals surface area contributed by atoms with Gasteiger partial charge in [-0.2, -0.15) is 5.26 Å². The van der Waals surface area contributed by atoms with Crippen molar-refractivity contribution < 1.29 is 43.2 Å². The van der Waals surface area contributed by atoms with Crippen molar-refractivity contribution in [1.82, 2.24) is 0 Å². The molecule has 0 radical (unpaired) electrons. The number of esters is 4. The van der Waals surface area contributed by atoms with Gasteiger partial charge in [0.05, 0.1) is 6.61 Å². The molecule has 24 heavy (non-hydrogen) atoms.